The van der Waals surface area contributed by atoms with Crippen LogP contribution in [0.4, 0.5) is 0 Å². The maximum atomic E-state index is 10.4. The van der Waals surface area contributed by atoms with Crippen molar-refractivity contribution in [3.8, 4) is 0 Å². The summed E-state index contributed by atoms with van der Waals surface area (Å²) < 4.78 is 26.2. The average Bonchev–Trinajstić information content (AvgIpc) is 2.79. The van der Waals surface area contributed by atoms with Gasteiger partial charge in [-0.25, -0.2) is 0 Å². The van der Waals surface area contributed by atoms with E-state index in [1.165, 1.54) is 6.92 Å². The molecule has 15 heteroatoms. The van der Waals surface area contributed by atoms with E-state index >= 15 is 0 Å². The lowest BCUT2D eigenvalue weighted by molar-refractivity contribution is -0.366. The van der Waals surface area contributed by atoms with E-state index < -0.39 is 105 Å². The second-order valence-corrected chi connectivity index (χ2v) is 8.36. The average molecular weight is 488 g/mol. The van der Waals surface area contributed by atoms with Gasteiger partial charge in [-0.1, -0.05) is 0 Å². The van der Waals surface area contributed by atoms with Gasteiger partial charge in [0.25, 0.3) is 0 Å². The minimum atomic E-state index is -1.88. The first-order chi connectivity index (χ1) is 15.5. The van der Waals surface area contributed by atoms with Crippen molar-refractivity contribution >= 4 is 0 Å². The second-order valence-electron chi connectivity index (χ2n) is 8.36. The monoisotopic (exact) mass is 488 g/mol. The molecule has 3 fully saturated rings. The molecule has 10 N–H and O–H groups in total. The highest BCUT2D eigenvalue weighted by molar-refractivity contribution is 4.94. The Hall–Kier alpha value is -0.600. The molecule has 0 aromatic heterocycles. The molecule has 0 aromatic carbocycles. The second kappa shape index (κ2) is 11.0. The van der Waals surface area contributed by atoms with Gasteiger partial charge in [-0.15, -0.1) is 0 Å². The first-order valence-electron chi connectivity index (χ1n) is 10.4. The molecule has 3 saturated heterocycles. The lowest BCUT2D eigenvalue weighted by Gasteiger charge is -2.45. The Bertz CT molecular complexity index is 624. The lowest BCUT2D eigenvalue weighted by atomic mass is 9.97. The summed E-state index contributed by atoms with van der Waals surface area (Å²) in [6, 6.07) is 0. The van der Waals surface area contributed by atoms with Crippen LogP contribution in [0.3, 0.4) is 0 Å². The van der Waals surface area contributed by atoms with Gasteiger partial charge in [-0.2, -0.15) is 0 Å². The lowest BCUT2D eigenvalue weighted by Crippen LogP contribution is -2.64. The predicted octanol–water partition coefficient (Wildman–Crippen LogP) is -6.55. The molecule has 0 bridgehead atoms. The third-order valence-corrected chi connectivity index (χ3v) is 6.04. The number of aliphatic hydroxyl groups is 10. The summed E-state index contributed by atoms with van der Waals surface area (Å²) >= 11 is 0. The van der Waals surface area contributed by atoms with Crippen LogP contribution in [0.5, 0.6) is 0 Å². The summed E-state index contributed by atoms with van der Waals surface area (Å²) in [5.41, 5.74) is 0. The molecule has 0 saturated carbocycles. The molecule has 0 aromatic rings. The van der Waals surface area contributed by atoms with Gasteiger partial charge >= 0.3 is 0 Å². The Morgan fingerprint density at radius 1 is 0.606 bits per heavy atom. The standard InChI is InChI=1S/C18H32O15/c1-4-7(20)10(23)13(26)17(30-4)29-3-6-9(22)12(25)15(16(28)31-6)33-18-14(27)11(24)8(21)5(2-19)32-18/h4-28H,2-3H2,1H3/t4-,5+,6+,7-,8+,9+,10+,11-,12-,13+,14+,15+,16-,17+,18-/m0/s1. The molecule has 33 heavy (non-hydrogen) atoms. The molecule has 3 aliphatic rings. The molecule has 15 atom stereocenters. The Labute approximate surface area is 187 Å². The highest BCUT2D eigenvalue weighted by Crippen LogP contribution is 2.29. The van der Waals surface area contributed by atoms with Crippen LogP contribution in [0.1, 0.15) is 6.92 Å². The summed E-state index contributed by atoms with van der Waals surface area (Å²) in [6.45, 7) is 0.203. The fourth-order valence-electron chi connectivity index (χ4n) is 3.88. The highest BCUT2D eigenvalue weighted by Gasteiger charge is 2.51. The molecular formula is C18H32O15. The molecule has 0 amide bonds. The van der Waals surface area contributed by atoms with Crippen LogP contribution in [0.2, 0.25) is 0 Å². The van der Waals surface area contributed by atoms with Crippen LogP contribution < -0.4 is 0 Å². The minimum Gasteiger partial charge on any atom is -0.394 e. The molecule has 194 valence electrons. The van der Waals surface area contributed by atoms with Gasteiger partial charge in [0.2, 0.25) is 0 Å². The van der Waals surface area contributed by atoms with Crippen molar-refractivity contribution in [3.63, 3.8) is 0 Å². The molecule has 15 nitrogen and oxygen atoms in total. The number of hydrogen-bond acceptors (Lipinski definition) is 15. The van der Waals surface area contributed by atoms with Gasteiger partial charge in [-0.3, -0.25) is 0 Å². The Balaban J connectivity index is 1.59. The van der Waals surface area contributed by atoms with Crippen molar-refractivity contribution in [1.82, 2.24) is 0 Å². The molecule has 0 spiro atoms. The SMILES string of the molecule is C[C@@H]1O[C@@H](OC[C@H]2O[C@H](O)[C@H](O[C@@H]3O[C@H](CO)[C@@H](O)[C@H](O)[C@H]3O)[C@@H](O)[C@@H]2O)[C@H](O)[C@H](O)[C@H]1O. The van der Waals surface area contributed by atoms with E-state index in [-0.39, 0.29) is 0 Å². The molecule has 0 radical (unpaired) electrons. The van der Waals surface area contributed by atoms with Crippen LogP contribution >= 0.6 is 0 Å². The zero-order chi connectivity index (χ0) is 24.6. The Morgan fingerprint density at radius 2 is 1.18 bits per heavy atom. The topological polar surface area (TPSA) is 248 Å². The van der Waals surface area contributed by atoms with Crippen molar-refractivity contribution in [2.45, 2.75) is 99.0 Å². The van der Waals surface area contributed by atoms with Crippen LogP contribution in [0.25, 0.3) is 0 Å². The van der Waals surface area contributed by atoms with E-state index in [0.717, 1.165) is 0 Å². The number of aliphatic hydroxyl groups excluding tert-OH is 10. The van der Waals surface area contributed by atoms with E-state index in [0.29, 0.717) is 0 Å². The van der Waals surface area contributed by atoms with Crippen molar-refractivity contribution in [1.29, 1.82) is 0 Å². The molecule has 3 aliphatic heterocycles. The first-order valence-corrected chi connectivity index (χ1v) is 10.4. The zero-order valence-electron chi connectivity index (χ0n) is 17.6. The molecular weight excluding hydrogens is 456 g/mol. The van der Waals surface area contributed by atoms with Gasteiger partial charge in [-0.05, 0) is 6.92 Å². The third kappa shape index (κ3) is 5.48. The van der Waals surface area contributed by atoms with Crippen molar-refractivity contribution in [2.75, 3.05) is 13.2 Å². The summed E-state index contributed by atoms with van der Waals surface area (Å²) in [5, 5.41) is 99.5. The Morgan fingerprint density at radius 3 is 1.82 bits per heavy atom. The number of ether oxygens (including phenoxy) is 5. The summed E-state index contributed by atoms with van der Waals surface area (Å²) in [5.74, 6) is 0. The van der Waals surface area contributed by atoms with Crippen molar-refractivity contribution < 1.29 is 74.7 Å². The maximum absolute atomic E-state index is 10.4. The minimum absolute atomic E-state index is 0.515. The molecule has 3 heterocycles. The van der Waals surface area contributed by atoms with E-state index in [4.69, 9.17) is 23.7 Å². The smallest absolute Gasteiger partial charge is 0.187 e. The largest absolute Gasteiger partial charge is 0.394 e. The van der Waals surface area contributed by atoms with Crippen LogP contribution in [0, 0.1) is 0 Å². The molecule has 0 unspecified atom stereocenters. The number of rotatable bonds is 6. The van der Waals surface area contributed by atoms with Crippen LogP contribution in [-0.2, 0) is 23.7 Å². The van der Waals surface area contributed by atoms with Gasteiger partial charge in [0.15, 0.2) is 18.9 Å². The predicted molar refractivity (Wildman–Crippen MR) is 99.8 cm³/mol. The van der Waals surface area contributed by atoms with Gasteiger partial charge in [0.1, 0.15) is 67.1 Å². The van der Waals surface area contributed by atoms with Crippen molar-refractivity contribution in [3.05, 3.63) is 0 Å². The van der Waals surface area contributed by atoms with Gasteiger partial charge < -0.3 is 74.7 Å². The summed E-state index contributed by atoms with van der Waals surface area (Å²) in [6.07, 6.45) is -23.4. The summed E-state index contributed by atoms with van der Waals surface area (Å²) in [7, 11) is 0. The highest BCUT2D eigenvalue weighted by atomic mass is 16.7. The normalized spacial score (nSPS) is 53.7. The fourth-order valence-corrected chi connectivity index (χ4v) is 3.88. The molecule has 3 rings (SSSR count). The van der Waals surface area contributed by atoms with E-state index in [1.54, 1.807) is 0 Å². The van der Waals surface area contributed by atoms with E-state index in [2.05, 4.69) is 0 Å². The first kappa shape index (κ1) is 27.0. The quantitative estimate of drug-likeness (QED) is 0.167. The van der Waals surface area contributed by atoms with Crippen LogP contribution in [0.15, 0.2) is 0 Å². The summed E-state index contributed by atoms with van der Waals surface area (Å²) in [4.78, 5) is 0. The van der Waals surface area contributed by atoms with Gasteiger partial charge in [0, 0.05) is 0 Å². The molecule has 0 aliphatic carbocycles. The Kier molecular flexibility index (Phi) is 8.99. The van der Waals surface area contributed by atoms with E-state index in [1.807, 2.05) is 0 Å². The van der Waals surface area contributed by atoms with Crippen LogP contribution in [-0.4, -0.2) is 156 Å². The number of hydrogen-bond donors (Lipinski definition) is 10. The third-order valence-electron chi connectivity index (χ3n) is 6.04. The van der Waals surface area contributed by atoms with Gasteiger partial charge in [0.05, 0.1) is 19.3 Å². The maximum Gasteiger partial charge on any atom is 0.187 e. The zero-order valence-corrected chi connectivity index (χ0v) is 17.6. The fraction of sp³-hybridized carbons (Fsp3) is 1.00. The van der Waals surface area contributed by atoms with Crippen molar-refractivity contribution in [2.24, 2.45) is 0 Å². The van der Waals surface area contributed by atoms with E-state index in [9.17, 15) is 51.1 Å².